The zero-order chi connectivity index (χ0) is 16.1. The number of hydrogen-bond donors (Lipinski definition) is 2. The highest BCUT2D eigenvalue weighted by Gasteiger charge is 2.13. The maximum Gasteiger partial charge on any atom is 0.251 e. The normalized spacial score (nSPS) is 10.1. The molecule has 5 nitrogen and oxygen atoms in total. The Morgan fingerprint density at radius 2 is 1.86 bits per heavy atom. The quantitative estimate of drug-likeness (QED) is 0.854. The maximum atomic E-state index is 12.2. The van der Waals surface area contributed by atoms with E-state index in [1.807, 2.05) is 24.3 Å². The van der Waals surface area contributed by atoms with Crippen molar-refractivity contribution in [1.29, 1.82) is 0 Å². The lowest BCUT2D eigenvalue weighted by Crippen LogP contribution is -2.22. The Morgan fingerprint density at radius 1 is 1.18 bits per heavy atom. The van der Waals surface area contributed by atoms with E-state index in [0.29, 0.717) is 16.6 Å². The summed E-state index contributed by atoms with van der Waals surface area (Å²) >= 11 is 3.19. The number of halogens is 1. The number of carbonyl (C=O) groups is 1. The molecular weight excluding hydrogens is 350 g/mol. The van der Waals surface area contributed by atoms with Gasteiger partial charge in [-0.2, -0.15) is 0 Å². The van der Waals surface area contributed by atoms with Crippen LogP contribution in [0, 0.1) is 0 Å². The molecule has 0 unspecified atom stereocenters. The van der Waals surface area contributed by atoms with Gasteiger partial charge in [0.25, 0.3) is 5.91 Å². The van der Waals surface area contributed by atoms with Crippen LogP contribution in [0.15, 0.2) is 40.9 Å². The Kier molecular flexibility index (Phi) is 5.27. The number of ether oxygens (including phenoxy) is 2. The summed E-state index contributed by atoms with van der Waals surface area (Å²) in [7, 11) is 3.04. The maximum absolute atomic E-state index is 12.2. The first-order valence-electron chi connectivity index (χ1n) is 6.52. The van der Waals surface area contributed by atoms with Gasteiger partial charge in [-0.05, 0) is 45.8 Å². The van der Waals surface area contributed by atoms with E-state index in [-0.39, 0.29) is 17.4 Å². The summed E-state index contributed by atoms with van der Waals surface area (Å²) in [5.74, 6) is 0.718. The summed E-state index contributed by atoms with van der Waals surface area (Å²) in [6.45, 7) is 0.392. The Balaban J connectivity index is 2.07. The van der Waals surface area contributed by atoms with E-state index in [1.165, 1.54) is 13.2 Å². The van der Waals surface area contributed by atoms with Gasteiger partial charge in [0.15, 0.2) is 11.5 Å². The average Bonchev–Trinajstić information content (AvgIpc) is 2.55. The Morgan fingerprint density at radius 3 is 2.45 bits per heavy atom. The first-order valence-corrected chi connectivity index (χ1v) is 7.32. The highest BCUT2D eigenvalue weighted by Crippen LogP contribution is 2.35. The van der Waals surface area contributed by atoms with Gasteiger partial charge in [-0.3, -0.25) is 4.79 Å². The van der Waals surface area contributed by atoms with Crippen LogP contribution in [-0.4, -0.2) is 25.2 Å². The van der Waals surface area contributed by atoms with Crippen LogP contribution in [0.2, 0.25) is 0 Å². The van der Waals surface area contributed by atoms with Gasteiger partial charge in [0.2, 0.25) is 0 Å². The van der Waals surface area contributed by atoms with Gasteiger partial charge in [-0.1, -0.05) is 12.1 Å². The highest BCUT2D eigenvalue weighted by atomic mass is 79.9. The predicted octanol–water partition coefficient (Wildman–Crippen LogP) is 3.10. The van der Waals surface area contributed by atoms with Crippen molar-refractivity contribution >= 4 is 21.8 Å². The third-order valence-corrected chi connectivity index (χ3v) is 3.73. The molecule has 116 valence electrons. The van der Waals surface area contributed by atoms with Crippen molar-refractivity contribution in [3.05, 3.63) is 52.0 Å². The molecule has 2 N–H and O–H groups in total. The fourth-order valence-electron chi connectivity index (χ4n) is 1.89. The van der Waals surface area contributed by atoms with Crippen LogP contribution < -0.4 is 14.8 Å². The third-order valence-electron chi connectivity index (χ3n) is 3.12. The van der Waals surface area contributed by atoms with Gasteiger partial charge < -0.3 is 19.9 Å². The molecular formula is C16H16BrNO4. The van der Waals surface area contributed by atoms with Crippen molar-refractivity contribution in [2.24, 2.45) is 0 Å². The molecule has 0 bridgehead atoms. The smallest absolute Gasteiger partial charge is 0.251 e. The molecule has 0 aromatic heterocycles. The highest BCUT2D eigenvalue weighted by molar-refractivity contribution is 9.10. The Labute approximate surface area is 137 Å². The number of phenols is 1. The van der Waals surface area contributed by atoms with Crippen LogP contribution in [0.25, 0.3) is 0 Å². The zero-order valence-corrected chi connectivity index (χ0v) is 13.8. The summed E-state index contributed by atoms with van der Waals surface area (Å²) in [4.78, 5) is 12.2. The lowest BCUT2D eigenvalue weighted by Gasteiger charge is -2.10. The first-order chi connectivity index (χ1) is 10.5. The minimum Gasteiger partial charge on any atom is -0.503 e. The zero-order valence-electron chi connectivity index (χ0n) is 12.2. The van der Waals surface area contributed by atoms with E-state index in [4.69, 9.17) is 9.47 Å². The lowest BCUT2D eigenvalue weighted by molar-refractivity contribution is 0.0950. The van der Waals surface area contributed by atoms with Crippen LogP contribution in [0.1, 0.15) is 15.9 Å². The van der Waals surface area contributed by atoms with E-state index in [2.05, 4.69) is 21.2 Å². The first kappa shape index (κ1) is 16.2. The van der Waals surface area contributed by atoms with E-state index < -0.39 is 0 Å². The SMILES string of the molecule is COc1ccc(CNC(=O)c2cc(Br)c(O)c(OC)c2)cc1. The fraction of sp³-hybridized carbons (Fsp3) is 0.188. The second-order valence-electron chi connectivity index (χ2n) is 4.54. The molecule has 6 heteroatoms. The predicted molar refractivity (Wildman–Crippen MR) is 86.5 cm³/mol. The number of nitrogens with one attached hydrogen (secondary N) is 1. The van der Waals surface area contributed by atoms with Crippen molar-refractivity contribution in [2.75, 3.05) is 14.2 Å². The van der Waals surface area contributed by atoms with E-state index in [1.54, 1.807) is 13.2 Å². The summed E-state index contributed by atoms with van der Waals surface area (Å²) in [5.41, 5.74) is 1.36. The molecule has 0 aliphatic heterocycles. The molecule has 0 radical (unpaired) electrons. The number of aromatic hydroxyl groups is 1. The third kappa shape index (κ3) is 3.71. The van der Waals surface area contributed by atoms with Crippen molar-refractivity contribution in [2.45, 2.75) is 6.54 Å². The van der Waals surface area contributed by atoms with Gasteiger partial charge >= 0.3 is 0 Å². The molecule has 2 rings (SSSR count). The van der Waals surface area contributed by atoms with E-state index in [9.17, 15) is 9.90 Å². The molecule has 0 aliphatic carbocycles. The van der Waals surface area contributed by atoms with Crippen molar-refractivity contribution < 1.29 is 19.4 Å². The summed E-state index contributed by atoms with van der Waals surface area (Å²) in [6, 6.07) is 10.5. The fourth-order valence-corrected chi connectivity index (χ4v) is 2.33. The topological polar surface area (TPSA) is 67.8 Å². The van der Waals surface area contributed by atoms with Gasteiger partial charge in [0.1, 0.15) is 5.75 Å². The molecule has 2 aromatic rings. The number of phenolic OH excluding ortho intramolecular Hbond substituents is 1. The number of benzene rings is 2. The van der Waals surface area contributed by atoms with Crippen molar-refractivity contribution in [1.82, 2.24) is 5.32 Å². The van der Waals surface area contributed by atoms with Gasteiger partial charge in [0.05, 0.1) is 18.7 Å². The standard InChI is InChI=1S/C16H16BrNO4/c1-21-12-5-3-10(4-6-12)9-18-16(20)11-7-13(17)15(19)14(8-11)22-2/h3-8,19H,9H2,1-2H3,(H,18,20). The second-order valence-corrected chi connectivity index (χ2v) is 5.39. The summed E-state index contributed by atoms with van der Waals surface area (Å²) in [6.07, 6.45) is 0. The van der Waals surface area contributed by atoms with Crippen LogP contribution in [0.3, 0.4) is 0 Å². The minimum atomic E-state index is -0.255. The second kappa shape index (κ2) is 7.17. The van der Waals surface area contributed by atoms with Crippen LogP contribution in [0.4, 0.5) is 0 Å². The molecule has 0 spiro atoms. The molecule has 0 aliphatic rings. The Bertz CT molecular complexity index is 671. The molecule has 2 aromatic carbocycles. The van der Waals surface area contributed by atoms with E-state index in [0.717, 1.165) is 11.3 Å². The van der Waals surface area contributed by atoms with Gasteiger partial charge in [-0.15, -0.1) is 0 Å². The molecule has 0 heterocycles. The van der Waals surface area contributed by atoms with Crippen LogP contribution >= 0.6 is 15.9 Å². The minimum absolute atomic E-state index is 0.0331. The molecule has 0 saturated heterocycles. The molecule has 1 amide bonds. The molecule has 0 saturated carbocycles. The molecule has 0 fully saturated rings. The number of carbonyl (C=O) groups excluding carboxylic acids is 1. The average molecular weight is 366 g/mol. The van der Waals surface area contributed by atoms with Crippen molar-refractivity contribution in [3.63, 3.8) is 0 Å². The lowest BCUT2D eigenvalue weighted by atomic mass is 10.1. The number of hydrogen-bond acceptors (Lipinski definition) is 4. The van der Waals surface area contributed by atoms with Gasteiger partial charge in [0, 0.05) is 12.1 Å². The monoisotopic (exact) mass is 365 g/mol. The number of methoxy groups -OCH3 is 2. The molecule has 0 atom stereocenters. The van der Waals surface area contributed by atoms with E-state index >= 15 is 0 Å². The van der Waals surface area contributed by atoms with Gasteiger partial charge in [-0.25, -0.2) is 0 Å². The number of amides is 1. The summed E-state index contributed by atoms with van der Waals surface area (Å²) in [5, 5.41) is 12.6. The molecule has 22 heavy (non-hydrogen) atoms. The van der Waals surface area contributed by atoms with Crippen LogP contribution in [-0.2, 0) is 6.54 Å². The summed E-state index contributed by atoms with van der Waals surface area (Å²) < 4.78 is 10.5. The Hall–Kier alpha value is -2.21. The largest absolute Gasteiger partial charge is 0.503 e. The number of rotatable bonds is 5. The van der Waals surface area contributed by atoms with Crippen molar-refractivity contribution in [3.8, 4) is 17.2 Å². The van der Waals surface area contributed by atoms with Crippen LogP contribution in [0.5, 0.6) is 17.2 Å².